The number of aromatic nitrogens is 3. The number of hydrogen-bond donors (Lipinski definition) is 2. The summed E-state index contributed by atoms with van der Waals surface area (Å²) in [5.41, 5.74) is 9.89. The first-order valence-corrected chi connectivity index (χ1v) is 9.70. The predicted octanol–water partition coefficient (Wildman–Crippen LogP) is 4.20. The zero-order chi connectivity index (χ0) is 20.9. The number of nitrogens with zero attached hydrogens (tertiary/aromatic N) is 2. The number of anilines is 1. The third-order valence-electron chi connectivity index (χ3n) is 4.53. The number of benzene rings is 2. The molecule has 2 heterocycles. The van der Waals surface area contributed by atoms with Crippen molar-refractivity contribution in [2.75, 3.05) is 19.5 Å². The minimum Gasteiger partial charge on any atom is -0.489 e. The van der Waals surface area contributed by atoms with Crippen molar-refractivity contribution in [2.45, 2.75) is 19.6 Å². The summed E-state index contributed by atoms with van der Waals surface area (Å²) in [6.07, 6.45) is 1.63. The Morgan fingerprint density at radius 1 is 1.07 bits per heavy atom. The molecule has 0 fully saturated rings. The molecule has 2 aromatic carbocycles. The highest BCUT2D eigenvalue weighted by molar-refractivity contribution is 5.76. The van der Waals surface area contributed by atoms with Crippen LogP contribution in [0.4, 0.5) is 5.69 Å². The number of nitrogens with one attached hydrogen (secondary N) is 1. The summed E-state index contributed by atoms with van der Waals surface area (Å²) in [5, 5.41) is 0. The first-order chi connectivity index (χ1) is 14.6. The zero-order valence-electron chi connectivity index (χ0n) is 17.0. The van der Waals surface area contributed by atoms with Gasteiger partial charge in [-0.1, -0.05) is 12.1 Å². The van der Waals surface area contributed by atoms with Crippen LogP contribution in [0.5, 0.6) is 11.5 Å². The van der Waals surface area contributed by atoms with Crippen molar-refractivity contribution in [2.24, 2.45) is 0 Å². The van der Waals surface area contributed by atoms with Crippen LogP contribution in [0.1, 0.15) is 12.5 Å². The fourth-order valence-corrected chi connectivity index (χ4v) is 3.12. The molecule has 30 heavy (non-hydrogen) atoms. The summed E-state index contributed by atoms with van der Waals surface area (Å²) in [4.78, 5) is 12.2. The Bertz CT molecular complexity index is 1090. The number of nitrogen functional groups attached to an aromatic ring is 1. The summed E-state index contributed by atoms with van der Waals surface area (Å²) < 4.78 is 17.2. The largest absolute Gasteiger partial charge is 0.489 e. The van der Waals surface area contributed by atoms with Crippen molar-refractivity contribution in [3.63, 3.8) is 0 Å². The van der Waals surface area contributed by atoms with Crippen LogP contribution in [0.25, 0.3) is 22.6 Å². The quantitative estimate of drug-likeness (QED) is 0.427. The number of H-pyrrole nitrogens is 1. The summed E-state index contributed by atoms with van der Waals surface area (Å²) in [5.74, 6) is 2.06. The van der Waals surface area contributed by atoms with E-state index in [-0.39, 0.29) is 6.10 Å². The number of hydrogen-bond acceptors (Lipinski definition) is 6. The van der Waals surface area contributed by atoms with Gasteiger partial charge in [0.2, 0.25) is 0 Å². The average molecular weight is 404 g/mol. The number of ether oxygens (including phenoxy) is 3. The molecule has 7 nitrogen and oxygen atoms in total. The maximum absolute atomic E-state index is 6.04. The molecule has 4 aromatic rings. The number of pyridine rings is 1. The minimum absolute atomic E-state index is 0.104. The Hall–Kier alpha value is -3.58. The molecule has 0 aliphatic heterocycles. The molecule has 154 valence electrons. The van der Waals surface area contributed by atoms with E-state index in [1.165, 1.54) is 0 Å². The van der Waals surface area contributed by atoms with Gasteiger partial charge in [-0.15, -0.1) is 0 Å². The summed E-state index contributed by atoms with van der Waals surface area (Å²) >= 11 is 0. The normalized spacial score (nSPS) is 12.1. The average Bonchev–Trinajstić information content (AvgIpc) is 3.18. The molecule has 0 bridgehead atoms. The van der Waals surface area contributed by atoms with E-state index in [0.717, 1.165) is 28.0 Å². The Kier molecular flexibility index (Phi) is 5.81. The van der Waals surface area contributed by atoms with Crippen molar-refractivity contribution >= 4 is 16.9 Å². The van der Waals surface area contributed by atoms with Gasteiger partial charge in [-0.3, -0.25) is 0 Å². The molecule has 0 spiro atoms. The molecule has 3 N–H and O–H groups in total. The monoisotopic (exact) mass is 404 g/mol. The van der Waals surface area contributed by atoms with E-state index in [0.29, 0.717) is 30.5 Å². The van der Waals surface area contributed by atoms with Gasteiger partial charge < -0.3 is 24.9 Å². The van der Waals surface area contributed by atoms with Crippen LogP contribution in [0.3, 0.4) is 0 Å². The van der Waals surface area contributed by atoms with E-state index in [2.05, 4.69) is 15.0 Å². The summed E-state index contributed by atoms with van der Waals surface area (Å²) in [6, 6.07) is 17.1. The molecule has 0 unspecified atom stereocenters. The van der Waals surface area contributed by atoms with Gasteiger partial charge in [-0.05, 0) is 48.9 Å². The molecule has 2 aromatic heterocycles. The van der Waals surface area contributed by atoms with Crippen LogP contribution in [-0.2, 0) is 11.3 Å². The topological polar surface area (TPSA) is 95.3 Å². The summed E-state index contributed by atoms with van der Waals surface area (Å²) in [6.45, 7) is 2.86. The van der Waals surface area contributed by atoms with Crippen LogP contribution in [0.15, 0.2) is 60.8 Å². The zero-order valence-corrected chi connectivity index (χ0v) is 17.0. The molecular weight excluding hydrogens is 380 g/mol. The van der Waals surface area contributed by atoms with E-state index < -0.39 is 0 Å². The van der Waals surface area contributed by atoms with Gasteiger partial charge in [0, 0.05) is 30.6 Å². The first-order valence-electron chi connectivity index (χ1n) is 9.70. The SMILES string of the molecule is COC[C@H](C)Oc1cc(OCc2ccc(N)cc2)cc(-c2nc3cccnc3[nH]2)c1. The lowest BCUT2D eigenvalue weighted by Crippen LogP contribution is -2.18. The maximum Gasteiger partial charge on any atom is 0.157 e. The summed E-state index contributed by atoms with van der Waals surface area (Å²) in [7, 11) is 1.65. The van der Waals surface area contributed by atoms with Crippen molar-refractivity contribution in [3.05, 3.63) is 66.4 Å². The number of rotatable bonds is 8. The van der Waals surface area contributed by atoms with E-state index >= 15 is 0 Å². The second-order valence-electron chi connectivity index (χ2n) is 7.06. The number of nitrogens with two attached hydrogens (primary N) is 1. The first kappa shape index (κ1) is 19.7. The Morgan fingerprint density at radius 2 is 1.87 bits per heavy atom. The molecule has 7 heteroatoms. The molecule has 0 aliphatic carbocycles. The van der Waals surface area contributed by atoms with Crippen LogP contribution >= 0.6 is 0 Å². The van der Waals surface area contributed by atoms with Gasteiger partial charge in [0.15, 0.2) is 5.65 Å². The maximum atomic E-state index is 6.04. The molecule has 0 aliphatic rings. The highest BCUT2D eigenvalue weighted by Crippen LogP contribution is 2.30. The fraction of sp³-hybridized carbons (Fsp3) is 0.217. The number of aromatic amines is 1. The third-order valence-corrected chi connectivity index (χ3v) is 4.53. The van der Waals surface area contributed by atoms with Crippen LogP contribution in [0, 0.1) is 0 Å². The molecule has 0 amide bonds. The second-order valence-corrected chi connectivity index (χ2v) is 7.06. The van der Waals surface area contributed by atoms with Gasteiger partial charge in [0.05, 0.1) is 6.61 Å². The predicted molar refractivity (Wildman–Crippen MR) is 116 cm³/mol. The van der Waals surface area contributed by atoms with Gasteiger partial charge in [-0.2, -0.15) is 0 Å². The number of imidazole rings is 1. The van der Waals surface area contributed by atoms with Crippen molar-refractivity contribution in [1.29, 1.82) is 0 Å². The van der Waals surface area contributed by atoms with E-state index in [9.17, 15) is 0 Å². The minimum atomic E-state index is -0.104. The van der Waals surface area contributed by atoms with Crippen molar-refractivity contribution in [3.8, 4) is 22.9 Å². The molecule has 4 rings (SSSR count). The molecule has 0 saturated heterocycles. The molecule has 0 saturated carbocycles. The van der Waals surface area contributed by atoms with Crippen LogP contribution in [0.2, 0.25) is 0 Å². The number of methoxy groups -OCH3 is 1. The van der Waals surface area contributed by atoms with Gasteiger partial charge in [0.25, 0.3) is 0 Å². The second kappa shape index (κ2) is 8.84. The standard InChI is InChI=1S/C23H24N4O3/c1-15(13-28-2)30-20-11-17(22-26-21-4-3-9-25-23(21)27-22)10-19(12-20)29-14-16-5-7-18(24)8-6-16/h3-12,15H,13-14,24H2,1-2H3,(H,25,26,27)/t15-/m0/s1. The molecular formula is C23H24N4O3. The highest BCUT2D eigenvalue weighted by Gasteiger charge is 2.12. The van der Waals surface area contributed by atoms with E-state index in [1.54, 1.807) is 13.3 Å². The number of fused-ring (bicyclic) bond motifs is 1. The van der Waals surface area contributed by atoms with Crippen LogP contribution in [-0.4, -0.2) is 34.8 Å². The lowest BCUT2D eigenvalue weighted by Gasteiger charge is -2.16. The Labute approximate surface area is 174 Å². The van der Waals surface area contributed by atoms with Gasteiger partial charge in [-0.25, -0.2) is 9.97 Å². The highest BCUT2D eigenvalue weighted by atomic mass is 16.5. The van der Waals surface area contributed by atoms with Gasteiger partial charge >= 0.3 is 0 Å². The van der Waals surface area contributed by atoms with Gasteiger partial charge in [0.1, 0.15) is 35.6 Å². The Morgan fingerprint density at radius 3 is 2.63 bits per heavy atom. The van der Waals surface area contributed by atoms with E-state index in [1.807, 2.05) is 61.5 Å². The third kappa shape index (κ3) is 4.69. The van der Waals surface area contributed by atoms with Crippen molar-refractivity contribution in [1.82, 2.24) is 15.0 Å². The van der Waals surface area contributed by atoms with Crippen molar-refractivity contribution < 1.29 is 14.2 Å². The van der Waals surface area contributed by atoms with E-state index in [4.69, 9.17) is 19.9 Å². The lowest BCUT2D eigenvalue weighted by atomic mass is 10.2. The smallest absolute Gasteiger partial charge is 0.157 e. The molecule has 1 atom stereocenters. The molecule has 0 radical (unpaired) electrons. The van der Waals surface area contributed by atoms with Crippen LogP contribution < -0.4 is 15.2 Å². The lowest BCUT2D eigenvalue weighted by molar-refractivity contribution is 0.0919. The Balaban J connectivity index is 1.63. The fourth-order valence-electron chi connectivity index (χ4n) is 3.12.